The van der Waals surface area contributed by atoms with Gasteiger partial charge in [0, 0.05) is 15.9 Å². The largest absolute Gasteiger partial charge is 0.379 e. The van der Waals surface area contributed by atoms with Crippen LogP contribution in [0.25, 0.3) is 0 Å². The molecule has 5 nitrogen and oxygen atoms in total. The maximum Gasteiger partial charge on any atom is 0.274 e. The monoisotopic (exact) mass is 418 g/mol. The molecule has 1 saturated carbocycles. The minimum Gasteiger partial charge on any atom is -0.379 e. The van der Waals surface area contributed by atoms with E-state index in [4.69, 9.17) is 10.7 Å². The fourth-order valence-corrected chi connectivity index (χ4v) is 5.96. The number of rotatable bonds is 3. The van der Waals surface area contributed by atoms with Crippen LogP contribution in [0.2, 0.25) is 0 Å². The predicted octanol–water partition coefficient (Wildman–Crippen LogP) is 3.88. The van der Waals surface area contributed by atoms with Crippen molar-refractivity contribution in [2.75, 3.05) is 0 Å². The highest BCUT2D eigenvalue weighted by atomic mass is 32.2. The summed E-state index contributed by atoms with van der Waals surface area (Å²) in [6.45, 7) is 3.77. The van der Waals surface area contributed by atoms with Crippen LogP contribution in [0, 0.1) is 11.2 Å². The zero-order chi connectivity index (χ0) is 20.9. The lowest BCUT2D eigenvalue weighted by molar-refractivity contribution is 0.0884. The van der Waals surface area contributed by atoms with Crippen molar-refractivity contribution in [3.05, 3.63) is 53.8 Å². The van der Waals surface area contributed by atoms with Crippen molar-refractivity contribution < 1.29 is 13.6 Å². The SMILES string of the molecule is CC1(C2(C)C=C(NC(=O)c3ccc(F)cn3)C=CC2F)CC2(CCC2)SC(N)=N1. The molecule has 0 bridgehead atoms. The third-order valence-electron chi connectivity index (χ3n) is 6.46. The van der Waals surface area contributed by atoms with E-state index in [1.54, 1.807) is 23.9 Å². The van der Waals surface area contributed by atoms with E-state index >= 15 is 4.39 Å². The van der Waals surface area contributed by atoms with Crippen LogP contribution in [0.15, 0.2) is 47.2 Å². The van der Waals surface area contributed by atoms with Crippen molar-refractivity contribution in [3.63, 3.8) is 0 Å². The molecule has 2 heterocycles. The summed E-state index contributed by atoms with van der Waals surface area (Å²) in [5, 5.41) is 3.24. The van der Waals surface area contributed by atoms with E-state index in [1.807, 2.05) is 13.8 Å². The van der Waals surface area contributed by atoms with E-state index in [2.05, 4.69) is 10.3 Å². The normalized spacial score (nSPS) is 32.9. The van der Waals surface area contributed by atoms with E-state index in [1.165, 1.54) is 18.2 Å². The Bertz CT molecular complexity index is 925. The van der Waals surface area contributed by atoms with Gasteiger partial charge in [-0.25, -0.2) is 13.8 Å². The highest BCUT2D eigenvalue weighted by Gasteiger charge is 2.57. The number of nitrogens with two attached hydrogens (primary N) is 1. The number of hydrogen-bond donors (Lipinski definition) is 2. The summed E-state index contributed by atoms with van der Waals surface area (Å²) in [5.41, 5.74) is 4.99. The summed E-state index contributed by atoms with van der Waals surface area (Å²) in [6, 6.07) is 2.48. The maximum absolute atomic E-state index is 15.2. The van der Waals surface area contributed by atoms with Gasteiger partial charge < -0.3 is 11.1 Å². The van der Waals surface area contributed by atoms with Gasteiger partial charge in [0.05, 0.1) is 11.7 Å². The summed E-state index contributed by atoms with van der Waals surface area (Å²) in [5.74, 6) is -1.00. The molecule has 0 saturated heterocycles. The number of aromatic nitrogens is 1. The molecule has 1 aliphatic heterocycles. The number of thioether (sulfide) groups is 1. The average molecular weight is 419 g/mol. The molecule has 3 N–H and O–H groups in total. The fourth-order valence-electron chi connectivity index (χ4n) is 4.43. The smallest absolute Gasteiger partial charge is 0.274 e. The molecule has 3 unspecified atom stereocenters. The van der Waals surface area contributed by atoms with Gasteiger partial charge >= 0.3 is 0 Å². The Morgan fingerprint density at radius 2 is 2.10 bits per heavy atom. The molecule has 1 spiro atoms. The van der Waals surface area contributed by atoms with Crippen LogP contribution in [0.3, 0.4) is 0 Å². The highest BCUT2D eigenvalue weighted by molar-refractivity contribution is 8.15. The number of amides is 1. The van der Waals surface area contributed by atoms with Crippen molar-refractivity contribution in [2.24, 2.45) is 16.1 Å². The molecule has 3 aliphatic rings. The molecular weight excluding hydrogens is 394 g/mol. The predicted molar refractivity (Wildman–Crippen MR) is 111 cm³/mol. The first-order valence-electron chi connectivity index (χ1n) is 9.67. The zero-order valence-corrected chi connectivity index (χ0v) is 17.2. The summed E-state index contributed by atoms with van der Waals surface area (Å²) in [4.78, 5) is 21.0. The fraction of sp³-hybridized carbons (Fsp3) is 0.476. The van der Waals surface area contributed by atoms with Crippen LogP contribution in [0.5, 0.6) is 0 Å². The van der Waals surface area contributed by atoms with Crippen LogP contribution in [0.1, 0.15) is 50.0 Å². The molecule has 8 heteroatoms. The molecule has 1 amide bonds. The molecule has 1 aromatic heterocycles. The molecule has 0 radical (unpaired) electrons. The molecular formula is C21H24F2N4OS. The lowest BCUT2D eigenvalue weighted by Gasteiger charge is -2.54. The van der Waals surface area contributed by atoms with Crippen molar-refractivity contribution >= 4 is 22.8 Å². The number of halogens is 2. The number of carbonyl (C=O) groups is 1. The number of nitrogens with zero attached hydrogens (tertiary/aromatic N) is 2. The minimum atomic E-state index is -1.27. The summed E-state index contributed by atoms with van der Waals surface area (Å²) >= 11 is 1.61. The van der Waals surface area contributed by atoms with Crippen molar-refractivity contribution in [3.8, 4) is 0 Å². The summed E-state index contributed by atoms with van der Waals surface area (Å²) < 4.78 is 28.3. The van der Waals surface area contributed by atoms with Gasteiger partial charge in [0.25, 0.3) is 5.91 Å². The zero-order valence-electron chi connectivity index (χ0n) is 16.4. The number of amidine groups is 1. The second kappa shape index (κ2) is 6.93. The Labute approximate surface area is 172 Å². The lowest BCUT2D eigenvalue weighted by Crippen LogP contribution is -2.57. The van der Waals surface area contributed by atoms with Crippen LogP contribution < -0.4 is 11.1 Å². The van der Waals surface area contributed by atoms with E-state index in [0.29, 0.717) is 10.9 Å². The first kappa shape index (κ1) is 20.1. The molecule has 29 heavy (non-hydrogen) atoms. The topological polar surface area (TPSA) is 80.4 Å². The molecule has 1 aromatic rings. The van der Waals surface area contributed by atoms with Gasteiger partial charge in [-0.05, 0) is 56.5 Å². The highest BCUT2D eigenvalue weighted by Crippen LogP contribution is 2.58. The van der Waals surface area contributed by atoms with Gasteiger partial charge in [-0.2, -0.15) is 0 Å². The molecule has 154 valence electrons. The number of hydrogen-bond acceptors (Lipinski definition) is 5. The lowest BCUT2D eigenvalue weighted by atomic mass is 9.61. The van der Waals surface area contributed by atoms with E-state index in [0.717, 1.165) is 31.9 Å². The summed E-state index contributed by atoms with van der Waals surface area (Å²) in [7, 11) is 0. The van der Waals surface area contributed by atoms with E-state index < -0.39 is 28.8 Å². The number of alkyl halides is 1. The van der Waals surface area contributed by atoms with Gasteiger partial charge in [-0.15, -0.1) is 0 Å². The van der Waals surface area contributed by atoms with Crippen molar-refractivity contribution in [1.82, 2.24) is 10.3 Å². The van der Waals surface area contributed by atoms with Crippen LogP contribution in [-0.4, -0.2) is 32.5 Å². The molecule has 3 atom stereocenters. The second-order valence-electron chi connectivity index (χ2n) is 8.50. The van der Waals surface area contributed by atoms with Gasteiger partial charge in [0.15, 0.2) is 5.17 Å². The Morgan fingerprint density at radius 1 is 1.34 bits per heavy atom. The van der Waals surface area contributed by atoms with Gasteiger partial charge in [-0.1, -0.05) is 25.1 Å². The minimum absolute atomic E-state index is 0.0275. The Hall–Kier alpha value is -2.22. The van der Waals surface area contributed by atoms with Crippen LogP contribution >= 0.6 is 11.8 Å². The number of pyridine rings is 1. The molecule has 2 aliphatic carbocycles. The van der Waals surface area contributed by atoms with Crippen LogP contribution in [-0.2, 0) is 0 Å². The molecule has 0 aromatic carbocycles. The molecule has 4 rings (SSSR count). The van der Waals surface area contributed by atoms with Crippen molar-refractivity contribution in [1.29, 1.82) is 0 Å². The van der Waals surface area contributed by atoms with Gasteiger partial charge in [0.2, 0.25) is 0 Å². The third kappa shape index (κ3) is 3.47. The Kier molecular flexibility index (Phi) is 4.80. The standard InChI is InChI=1S/C21H24F2N4OS/c1-19(20(2)12-21(8-3-9-21)29-18(24)27-20)10-14(5-7-16(19)23)26-17(28)15-6-4-13(22)11-25-15/h4-7,10-11,16H,3,8-9,12H2,1-2H3,(H2,24,27)(H,26,28). The van der Waals surface area contributed by atoms with E-state index in [-0.39, 0.29) is 10.4 Å². The van der Waals surface area contributed by atoms with Gasteiger partial charge in [0.1, 0.15) is 17.7 Å². The quantitative estimate of drug-likeness (QED) is 0.781. The maximum atomic E-state index is 15.2. The van der Waals surface area contributed by atoms with Crippen molar-refractivity contribution in [2.45, 2.75) is 56.0 Å². The number of aliphatic imine (C=N–C) groups is 1. The number of allylic oxidation sites excluding steroid dienone is 2. The summed E-state index contributed by atoms with van der Waals surface area (Å²) in [6.07, 6.45) is 8.42. The van der Waals surface area contributed by atoms with Gasteiger partial charge in [-0.3, -0.25) is 9.79 Å². The average Bonchev–Trinajstić information content (AvgIpc) is 2.63. The molecule has 1 fully saturated rings. The Balaban J connectivity index is 1.63. The third-order valence-corrected chi connectivity index (χ3v) is 7.75. The second-order valence-corrected chi connectivity index (χ2v) is 9.99. The first-order valence-corrected chi connectivity index (χ1v) is 10.5. The van der Waals surface area contributed by atoms with Crippen LogP contribution in [0.4, 0.5) is 8.78 Å². The first-order chi connectivity index (χ1) is 13.6. The van der Waals surface area contributed by atoms with E-state index in [9.17, 15) is 9.18 Å². The number of carbonyl (C=O) groups excluding carboxylic acids is 1. The number of nitrogens with one attached hydrogen (secondary N) is 1. The Morgan fingerprint density at radius 3 is 2.72 bits per heavy atom.